The van der Waals surface area contributed by atoms with Crippen molar-refractivity contribution >= 4 is 79.7 Å². The monoisotopic (exact) mass is 1370 g/mol. The molecule has 6 aliphatic rings. The fourth-order valence-electron chi connectivity index (χ4n) is 10.3. The number of pyridine rings is 5. The molecule has 5 N–H and O–H groups in total. The number of amides is 2. The summed E-state index contributed by atoms with van der Waals surface area (Å²) in [4.78, 5) is 57.0. The summed E-state index contributed by atoms with van der Waals surface area (Å²) in [6, 6.07) is 39.6. The molecule has 8 aromatic rings. The maximum absolute atomic E-state index is 13.0. The number of halogens is 5. The number of nitrogens with two attached hydrogens (primary N) is 1. The van der Waals surface area contributed by atoms with Gasteiger partial charge in [0.1, 0.15) is 45.7 Å². The zero-order chi connectivity index (χ0) is 63.8. The van der Waals surface area contributed by atoms with E-state index in [9.17, 15) is 32.7 Å². The minimum Gasteiger partial charge on any atom is -0.481 e. The normalized spacial score (nSPS) is 18.0. The highest BCUT2D eigenvalue weighted by Crippen LogP contribution is 2.45. The van der Waals surface area contributed by atoms with Crippen molar-refractivity contribution < 1.29 is 51.4 Å². The van der Waals surface area contributed by atoms with E-state index in [0.29, 0.717) is 55.7 Å². The van der Waals surface area contributed by atoms with Crippen molar-refractivity contribution in [3.05, 3.63) is 219 Å². The average Bonchev–Trinajstić information content (AvgIpc) is 1.79. The Morgan fingerprint density at radius 2 is 0.923 bits per heavy atom. The number of aromatic nitrogens is 5. The summed E-state index contributed by atoms with van der Waals surface area (Å²) in [7, 11) is -0.296. The molecule has 0 unspecified atom stereocenters. The molecule has 8 heterocycles. The molecule has 6 fully saturated rings. The third-order valence-corrected chi connectivity index (χ3v) is 18.3. The molecule has 3 aromatic carbocycles. The number of carbonyl (C=O) groups is 3. The average molecular weight is 1370 g/mol. The van der Waals surface area contributed by atoms with Crippen LogP contribution in [-0.4, -0.2) is 92.6 Å². The largest absolute Gasteiger partial charge is 0.496 e. The molecule has 22 heteroatoms. The number of nitrogen functional groups attached to an aromatic ring is 1. The predicted molar refractivity (Wildman–Crippen MR) is 351 cm³/mol. The minimum absolute atomic E-state index is 0. The first kappa shape index (κ1) is 67.7. The SMILES string of the molecule is C.CC1(C)OB(c2ccc(C3CC3)nc2)OC1(C)C.Nc1ccc(F)cn1.O=C(Nc1ccc(F)cn1)C1(c2ccc(-c3ccc(C4CC4)nc3)cc2)COC1.O=C(Nc1ccc(F)cn1)C1(c2ccc(Br)cc2)COC1.O=C(O)C1(c2ccc(Br)cc2)CCC1. The predicted octanol–water partition coefficient (Wildman–Crippen LogP) is 13.6. The second-order valence-corrected chi connectivity index (χ2v) is 26.0. The Balaban J connectivity index is 0.000000141. The van der Waals surface area contributed by atoms with E-state index < -0.39 is 33.8 Å². The van der Waals surface area contributed by atoms with Crippen LogP contribution in [0.1, 0.15) is 120 Å². The molecule has 14 rings (SSSR count). The van der Waals surface area contributed by atoms with E-state index in [1.54, 1.807) is 0 Å². The molecule has 2 amide bonds. The van der Waals surface area contributed by atoms with Crippen LogP contribution in [0.4, 0.5) is 30.6 Å². The van der Waals surface area contributed by atoms with Gasteiger partial charge in [-0.15, -0.1) is 0 Å². The first-order valence-corrected chi connectivity index (χ1v) is 31.2. The number of ether oxygens (including phenoxy) is 2. The van der Waals surface area contributed by atoms with E-state index in [1.165, 1.54) is 73.5 Å². The standard InChI is InChI=1S/C23H20FN3O2.C15H12BrFN2O2.C14H20BNO2.C11H11BrO2.C5H5FN2.CH4/c24-19-8-10-21(26-12-19)27-22(28)23(13-29-14-23)18-6-3-15(4-7-18)17-5-9-20(25-11-17)16-1-2-16;16-11-3-1-10(2-4-11)15(8-21-9-15)14(20)19-13-6-5-12(17)7-18-13;1-13(2)14(3,4)18-15(17-13)11-7-8-12(16-9-11)10-5-6-10;12-9-4-2-8(3-5-9)11(10(13)14)6-1-7-11;6-4-1-2-5(7)8-3-4;/h3-12,16H,1-2,13-14H2,(H,26,27,28);1-7H,8-9H2,(H,18,19,20);7-10H,5-6H2,1-4H3;2-5H,1,6-7H2,(H,13,14);1-3H,(H2,7,8);1H4. The van der Waals surface area contributed by atoms with Gasteiger partial charge in [0.15, 0.2) is 0 Å². The summed E-state index contributed by atoms with van der Waals surface area (Å²) >= 11 is 6.71. The van der Waals surface area contributed by atoms with Gasteiger partial charge in [0, 0.05) is 55.6 Å². The molecular weight excluding hydrogens is 1300 g/mol. The number of anilines is 3. The van der Waals surface area contributed by atoms with Crippen LogP contribution in [0.2, 0.25) is 0 Å². The van der Waals surface area contributed by atoms with Crippen LogP contribution in [-0.2, 0) is 49.4 Å². The molecule has 3 saturated heterocycles. The lowest BCUT2D eigenvalue weighted by molar-refractivity contribution is -0.147. The molecule has 3 aliphatic heterocycles. The highest BCUT2D eigenvalue weighted by molar-refractivity contribution is 9.10. The third kappa shape index (κ3) is 16.1. The van der Waals surface area contributed by atoms with Crippen LogP contribution in [0.5, 0.6) is 0 Å². The highest BCUT2D eigenvalue weighted by atomic mass is 79.9. The fourth-order valence-corrected chi connectivity index (χ4v) is 10.8. The number of hydrogen-bond donors (Lipinski definition) is 4. The topological polar surface area (TPSA) is 223 Å². The summed E-state index contributed by atoms with van der Waals surface area (Å²) in [5, 5.41) is 14.7. The van der Waals surface area contributed by atoms with E-state index in [0.717, 1.165) is 80.1 Å². The number of carboxylic acid groups (broad SMARTS) is 1. The van der Waals surface area contributed by atoms with Gasteiger partial charge >= 0.3 is 13.1 Å². The lowest BCUT2D eigenvalue weighted by Crippen LogP contribution is -2.55. The highest BCUT2D eigenvalue weighted by Gasteiger charge is 2.52. The maximum atomic E-state index is 13.0. The van der Waals surface area contributed by atoms with E-state index in [4.69, 9.17) is 24.5 Å². The van der Waals surface area contributed by atoms with Gasteiger partial charge in [-0.3, -0.25) is 24.4 Å². The number of rotatable bonds is 12. The molecule has 0 atom stereocenters. The Labute approximate surface area is 545 Å². The summed E-state index contributed by atoms with van der Waals surface area (Å²) in [6.07, 6.45) is 14.6. The van der Waals surface area contributed by atoms with Crippen LogP contribution in [0.25, 0.3) is 11.1 Å². The maximum Gasteiger partial charge on any atom is 0.496 e. The van der Waals surface area contributed by atoms with Crippen LogP contribution < -0.4 is 21.8 Å². The second kappa shape index (κ2) is 28.8. The van der Waals surface area contributed by atoms with Gasteiger partial charge in [0.2, 0.25) is 11.8 Å². The Hall–Kier alpha value is -7.73. The number of carbonyl (C=O) groups excluding carboxylic acids is 2. The summed E-state index contributed by atoms with van der Waals surface area (Å²) in [5.74, 6) is -0.0253. The quantitative estimate of drug-likeness (QED) is 0.0836. The molecule has 16 nitrogen and oxygen atoms in total. The van der Waals surface area contributed by atoms with E-state index in [-0.39, 0.29) is 43.4 Å². The summed E-state index contributed by atoms with van der Waals surface area (Å²) in [5.41, 5.74) is 10.7. The molecule has 0 radical (unpaired) electrons. The smallest absolute Gasteiger partial charge is 0.481 e. The Bertz CT molecular complexity index is 3710. The van der Waals surface area contributed by atoms with Crippen molar-refractivity contribution in [2.45, 2.75) is 119 Å². The van der Waals surface area contributed by atoms with Gasteiger partial charge < -0.3 is 40.3 Å². The summed E-state index contributed by atoms with van der Waals surface area (Å²) < 4.78 is 62.4. The van der Waals surface area contributed by atoms with Gasteiger partial charge in [-0.25, -0.2) is 28.1 Å². The van der Waals surface area contributed by atoms with Crippen molar-refractivity contribution in [3.63, 3.8) is 0 Å². The molecule has 0 spiro atoms. The van der Waals surface area contributed by atoms with E-state index >= 15 is 0 Å². The zero-order valence-electron chi connectivity index (χ0n) is 50.1. The second-order valence-electron chi connectivity index (χ2n) is 24.1. The Morgan fingerprint density at radius 3 is 1.24 bits per heavy atom. The van der Waals surface area contributed by atoms with Crippen LogP contribution in [0.3, 0.4) is 0 Å². The summed E-state index contributed by atoms with van der Waals surface area (Å²) in [6.45, 7) is 9.52. The number of carboxylic acids is 1. The lowest BCUT2D eigenvalue weighted by Gasteiger charge is -2.40. The Morgan fingerprint density at radius 1 is 0.516 bits per heavy atom. The van der Waals surface area contributed by atoms with Gasteiger partial charge in [0.05, 0.1) is 61.6 Å². The van der Waals surface area contributed by atoms with Gasteiger partial charge in [-0.2, -0.15) is 0 Å². The minimum atomic E-state index is -0.761. The van der Waals surface area contributed by atoms with Crippen molar-refractivity contribution in [1.29, 1.82) is 0 Å². The molecule has 474 valence electrons. The van der Waals surface area contributed by atoms with Crippen molar-refractivity contribution in [2.24, 2.45) is 0 Å². The van der Waals surface area contributed by atoms with E-state index in [1.807, 2.05) is 85.2 Å². The number of nitrogens with zero attached hydrogens (tertiary/aromatic N) is 5. The molecule has 5 aromatic heterocycles. The zero-order valence-corrected chi connectivity index (χ0v) is 53.3. The molecular formula is C69H72BBr2F3N8O8. The molecule has 3 saturated carbocycles. The van der Waals surface area contributed by atoms with Crippen LogP contribution in [0, 0.1) is 17.5 Å². The van der Waals surface area contributed by atoms with Gasteiger partial charge in [-0.1, -0.05) is 106 Å². The van der Waals surface area contributed by atoms with E-state index in [2.05, 4.69) is 119 Å². The van der Waals surface area contributed by atoms with Gasteiger partial charge in [-0.05, 0) is 161 Å². The van der Waals surface area contributed by atoms with Crippen LogP contribution >= 0.6 is 31.9 Å². The lowest BCUT2D eigenvalue weighted by atomic mass is 9.64. The molecule has 3 aliphatic carbocycles. The number of hydrogen-bond acceptors (Lipinski definition) is 13. The fraction of sp³-hybridized carbons (Fsp3) is 0.333. The van der Waals surface area contributed by atoms with Crippen molar-refractivity contribution in [2.75, 3.05) is 42.8 Å². The first-order chi connectivity index (χ1) is 43.1. The Kier molecular flexibility index (Phi) is 21.4. The number of nitrogens with one attached hydrogen (secondary N) is 2. The third-order valence-electron chi connectivity index (χ3n) is 17.2. The van der Waals surface area contributed by atoms with Gasteiger partial charge in [0.25, 0.3) is 0 Å². The van der Waals surface area contributed by atoms with Crippen LogP contribution in [0.15, 0.2) is 173 Å². The first-order valence-electron chi connectivity index (χ1n) is 29.6. The van der Waals surface area contributed by atoms with Crippen molar-refractivity contribution in [3.8, 4) is 11.1 Å². The molecule has 0 bridgehead atoms. The van der Waals surface area contributed by atoms with Crippen molar-refractivity contribution in [1.82, 2.24) is 24.9 Å². The number of benzene rings is 3. The number of aliphatic carboxylic acids is 1. The molecule has 91 heavy (non-hydrogen) atoms.